The standard InChI is InChI=1S/C23H27ClF3N3O4S/c1-17-3-6-19(7-4-17)35(32,33)30(18-5-8-21(24)20(15-18)23(25,26)27)16-22(31)28-9-2-10-29-11-13-34-14-12-29/h3-8,15H,2,9-14,16H2,1H3,(H,28,31). The van der Waals surface area contributed by atoms with E-state index in [1.807, 2.05) is 0 Å². The molecule has 7 nitrogen and oxygen atoms in total. The Labute approximate surface area is 207 Å². The van der Waals surface area contributed by atoms with E-state index in [1.165, 1.54) is 12.1 Å². The highest BCUT2D eigenvalue weighted by molar-refractivity contribution is 7.92. The molecule has 0 bridgehead atoms. The number of carbonyl (C=O) groups excluding carboxylic acids is 1. The molecule has 1 fully saturated rings. The SMILES string of the molecule is Cc1ccc(S(=O)(=O)N(CC(=O)NCCCN2CCOCC2)c2ccc(Cl)c(C(F)(F)F)c2)cc1. The summed E-state index contributed by atoms with van der Waals surface area (Å²) in [5.41, 5.74) is -0.697. The predicted molar refractivity (Wildman–Crippen MR) is 127 cm³/mol. The molecule has 0 aromatic heterocycles. The number of hydrogen-bond acceptors (Lipinski definition) is 5. The molecular formula is C23H27ClF3N3O4S. The van der Waals surface area contributed by atoms with Crippen LogP contribution in [-0.2, 0) is 25.7 Å². The Bertz CT molecular complexity index is 1120. The van der Waals surface area contributed by atoms with Gasteiger partial charge in [0.15, 0.2) is 0 Å². The van der Waals surface area contributed by atoms with Crippen LogP contribution in [0.5, 0.6) is 0 Å². The number of alkyl halides is 3. The minimum Gasteiger partial charge on any atom is -0.379 e. The molecule has 1 heterocycles. The number of nitrogens with zero attached hydrogens (tertiary/aromatic N) is 2. The van der Waals surface area contributed by atoms with Crippen LogP contribution in [0.3, 0.4) is 0 Å². The smallest absolute Gasteiger partial charge is 0.379 e. The van der Waals surface area contributed by atoms with Crippen LogP contribution in [0.1, 0.15) is 17.5 Å². The van der Waals surface area contributed by atoms with E-state index in [2.05, 4.69) is 10.2 Å². The minimum absolute atomic E-state index is 0.147. The van der Waals surface area contributed by atoms with Crippen molar-refractivity contribution in [2.75, 3.05) is 50.2 Å². The number of amides is 1. The minimum atomic E-state index is -4.80. The summed E-state index contributed by atoms with van der Waals surface area (Å²) in [6.07, 6.45) is -4.16. The second-order valence-electron chi connectivity index (χ2n) is 8.14. The molecule has 1 saturated heterocycles. The van der Waals surface area contributed by atoms with Crippen molar-refractivity contribution in [1.29, 1.82) is 0 Å². The number of halogens is 4. The Morgan fingerprint density at radius 3 is 2.43 bits per heavy atom. The number of nitrogens with one attached hydrogen (secondary N) is 1. The Morgan fingerprint density at radius 2 is 1.80 bits per heavy atom. The van der Waals surface area contributed by atoms with Crippen LogP contribution < -0.4 is 9.62 Å². The average Bonchev–Trinajstić information content (AvgIpc) is 2.81. The van der Waals surface area contributed by atoms with Crippen molar-refractivity contribution in [3.05, 3.63) is 58.6 Å². The van der Waals surface area contributed by atoms with E-state index in [9.17, 15) is 26.4 Å². The van der Waals surface area contributed by atoms with Crippen molar-refractivity contribution in [2.24, 2.45) is 0 Å². The van der Waals surface area contributed by atoms with E-state index in [0.29, 0.717) is 36.6 Å². The third-order valence-electron chi connectivity index (χ3n) is 5.52. The van der Waals surface area contributed by atoms with Crippen molar-refractivity contribution in [3.63, 3.8) is 0 Å². The van der Waals surface area contributed by atoms with Crippen LogP contribution in [0.2, 0.25) is 5.02 Å². The van der Waals surface area contributed by atoms with Crippen LogP contribution in [-0.4, -0.2) is 65.2 Å². The van der Waals surface area contributed by atoms with E-state index < -0.39 is 39.2 Å². The first-order chi connectivity index (χ1) is 16.5. The van der Waals surface area contributed by atoms with Gasteiger partial charge in [-0.3, -0.25) is 14.0 Å². The molecule has 2 aromatic carbocycles. The lowest BCUT2D eigenvalue weighted by Gasteiger charge is -2.27. The maximum atomic E-state index is 13.4. The fraction of sp³-hybridized carbons (Fsp3) is 0.435. The number of aryl methyl sites for hydroxylation is 1. The summed E-state index contributed by atoms with van der Waals surface area (Å²) < 4.78 is 73.0. The second-order valence-corrected chi connectivity index (χ2v) is 10.4. The number of anilines is 1. The fourth-order valence-electron chi connectivity index (χ4n) is 3.58. The van der Waals surface area contributed by atoms with Crippen LogP contribution in [0.4, 0.5) is 18.9 Å². The van der Waals surface area contributed by atoms with Crippen LogP contribution >= 0.6 is 11.6 Å². The summed E-state index contributed by atoms with van der Waals surface area (Å²) in [5, 5.41) is 2.09. The molecule has 3 rings (SSSR count). The zero-order valence-electron chi connectivity index (χ0n) is 19.1. The van der Waals surface area contributed by atoms with E-state index in [0.717, 1.165) is 37.3 Å². The number of sulfonamides is 1. The Kier molecular flexibility index (Phi) is 9.03. The summed E-state index contributed by atoms with van der Waals surface area (Å²) in [6.45, 7) is 5.02. The third kappa shape index (κ3) is 7.33. The number of benzene rings is 2. The van der Waals surface area contributed by atoms with E-state index in [-0.39, 0.29) is 10.6 Å². The molecule has 0 radical (unpaired) electrons. The molecule has 1 amide bonds. The maximum absolute atomic E-state index is 13.4. The summed E-state index contributed by atoms with van der Waals surface area (Å²) in [4.78, 5) is 14.7. The molecule has 12 heteroatoms. The lowest BCUT2D eigenvalue weighted by atomic mass is 10.2. The van der Waals surface area contributed by atoms with Gasteiger partial charge in [-0.15, -0.1) is 0 Å². The van der Waals surface area contributed by atoms with Crippen LogP contribution in [0, 0.1) is 6.92 Å². The van der Waals surface area contributed by atoms with Crippen LogP contribution in [0.15, 0.2) is 47.4 Å². The highest BCUT2D eigenvalue weighted by atomic mass is 35.5. The average molecular weight is 534 g/mol. The molecule has 0 aliphatic carbocycles. The largest absolute Gasteiger partial charge is 0.417 e. The van der Waals surface area contributed by atoms with Gasteiger partial charge in [0, 0.05) is 19.6 Å². The third-order valence-corrected chi connectivity index (χ3v) is 7.63. The molecule has 2 aromatic rings. The number of carbonyl (C=O) groups is 1. The first-order valence-corrected chi connectivity index (χ1v) is 12.8. The molecule has 0 unspecified atom stereocenters. The topological polar surface area (TPSA) is 79.0 Å². The summed E-state index contributed by atoms with van der Waals surface area (Å²) >= 11 is 5.71. The van der Waals surface area contributed by atoms with Crippen molar-refractivity contribution in [1.82, 2.24) is 10.2 Å². The van der Waals surface area contributed by atoms with E-state index in [4.69, 9.17) is 16.3 Å². The number of rotatable bonds is 9. The lowest BCUT2D eigenvalue weighted by molar-refractivity contribution is -0.137. The lowest BCUT2D eigenvalue weighted by Crippen LogP contribution is -2.42. The van der Waals surface area contributed by atoms with Gasteiger partial charge in [-0.25, -0.2) is 8.42 Å². The molecule has 0 saturated carbocycles. The first-order valence-electron chi connectivity index (χ1n) is 11.0. The van der Waals surface area contributed by atoms with Crippen LogP contribution in [0.25, 0.3) is 0 Å². The van der Waals surface area contributed by atoms with Crippen molar-refractivity contribution < 1.29 is 31.1 Å². The van der Waals surface area contributed by atoms with E-state index in [1.54, 1.807) is 19.1 Å². The summed E-state index contributed by atoms with van der Waals surface area (Å²) in [7, 11) is -4.35. The number of hydrogen-bond donors (Lipinski definition) is 1. The zero-order valence-corrected chi connectivity index (χ0v) is 20.7. The molecule has 192 valence electrons. The normalized spacial score (nSPS) is 15.1. The van der Waals surface area contributed by atoms with Gasteiger partial charge in [-0.2, -0.15) is 13.2 Å². The van der Waals surface area contributed by atoms with Gasteiger partial charge in [0.1, 0.15) is 6.54 Å². The molecule has 0 spiro atoms. The molecule has 1 aliphatic heterocycles. The van der Waals surface area contributed by atoms with Gasteiger partial charge in [0.2, 0.25) is 5.91 Å². The number of ether oxygens (including phenoxy) is 1. The van der Waals surface area contributed by atoms with Gasteiger partial charge >= 0.3 is 6.18 Å². The summed E-state index contributed by atoms with van der Waals surface area (Å²) in [5.74, 6) is -0.633. The van der Waals surface area contributed by atoms with Crippen molar-refractivity contribution in [3.8, 4) is 0 Å². The molecule has 35 heavy (non-hydrogen) atoms. The van der Waals surface area contributed by atoms with Crippen molar-refractivity contribution >= 4 is 33.2 Å². The quantitative estimate of drug-likeness (QED) is 0.497. The van der Waals surface area contributed by atoms with Gasteiger partial charge in [0.25, 0.3) is 10.0 Å². The summed E-state index contributed by atoms with van der Waals surface area (Å²) in [6, 6.07) is 8.59. The Hall–Kier alpha value is -2.34. The van der Waals surface area contributed by atoms with Crippen molar-refractivity contribution in [2.45, 2.75) is 24.4 Å². The molecular weight excluding hydrogens is 507 g/mol. The van der Waals surface area contributed by atoms with E-state index >= 15 is 0 Å². The van der Waals surface area contributed by atoms with Gasteiger partial charge in [-0.1, -0.05) is 29.3 Å². The molecule has 1 N–H and O–H groups in total. The zero-order chi connectivity index (χ0) is 25.6. The van der Waals surface area contributed by atoms with Gasteiger partial charge in [-0.05, 0) is 50.2 Å². The predicted octanol–water partition coefficient (Wildman–Crippen LogP) is 3.70. The number of morpholine rings is 1. The van der Waals surface area contributed by atoms with Gasteiger partial charge in [0.05, 0.1) is 34.4 Å². The highest BCUT2D eigenvalue weighted by Gasteiger charge is 2.35. The van der Waals surface area contributed by atoms with Gasteiger partial charge < -0.3 is 10.1 Å². The fourth-order valence-corrected chi connectivity index (χ4v) is 5.22. The first kappa shape index (κ1) is 27.3. The second kappa shape index (κ2) is 11.6. The maximum Gasteiger partial charge on any atom is 0.417 e. The Balaban J connectivity index is 1.80. The molecule has 1 aliphatic rings. The monoisotopic (exact) mass is 533 g/mol. The molecule has 0 atom stereocenters. The highest BCUT2D eigenvalue weighted by Crippen LogP contribution is 2.38. The Morgan fingerprint density at radius 1 is 1.14 bits per heavy atom.